The summed E-state index contributed by atoms with van der Waals surface area (Å²) >= 11 is 7.58. The number of hydrogen-bond acceptors (Lipinski definition) is 5. The summed E-state index contributed by atoms with van der Waals surface area (Å²) in [6.07, 6.45) is 3.04. The van der Waals surface area contributed by atoms with E-state index >= 15 is 0 Å². The molecule has 0 aliphatic heterocycles. The number of hydrogen-bond donors (Lipinski definition) is 1. The minimum Gasteiger partial charge on any atom is -0.298 e. The largest absolute Gasteiger partial charge is 0.298 e. The summed E-state index contributed by atoms with van der Waals surface area (Å²) in [6, 6.07) is 4.28. The highest BCUT2D eigenvalue weighted by Crippen LogP contribution is 2.31. The van der Waals surface area contributed by atoms with Crippen molar-refractivity contribution < 1.29 is 13.2 Å². The Morgan fingerprint density at radius 2 is 2.04 bits per heavy atom. The maximum atomic E-state index is 12.7. The summed E-state index contributed by atoms with van der Waals surface area (Å²) < 4.78 is 26.8. The second-order valence-electron chi connectivity index (χ2n) is 5.93. The molecular weight excluding hydrogens is 394 g/mol. The molecular formula is C17H20ClN3O3S2. The third kappa shape index (κ3) is 3.64. The van der Waals surface area contributed by atoms with Gasteiger partial charge in [0.25, 0.3) is 5.91 Å². The molecule has 1 N–H and O–H groups in total. The molecule has 140 valence electrons. The van der Waals surface area contributed by atoms with Crippen LogP contribution in [0.3, 0.4) is 0 Å². The molecule has 3 rings (SSSR count). The number of carbonyl (C=O) groups is 1. The quantitative estimate of drug-likeness (QED) is 0.785. The van der Waals surface area contributed by atoms with E-state index in [0.717, 1.165) is 25.0 Å². The molecule has 0 saturated carbocycles. The number of thiazole rings is 1. The second kappa shape index (κ2) is 7.64. The Balaban J connectivity index is 1.87. The third-order valence-corrected chi connectivity index (χ3v) is 7.94. The van der Waals surface area contributed by atoms with Gasteiger partial charge >= 0.3 is 0 Å². The Kier molecular flexibility index (Phi) is 5.67. The minimum atomic E-state index is -3.75. The first-order valence-electron chi connectivity index (χ1n) is 8.46. The number of nitrogens with zero attached hydrogens (tertiary/aromatic N) is 2. The zero-order chi connectivity index (χ0) is 18.9. The molecule has 1 amide bonds. The maximum Gasteiger partial charge on any atom is 0.257 e. The molecule has 0 saturated heterocycles. The Hall–Kier alpha value is -1.48. The molecule has 2 aromatic rings. The van der Waals surface area contributed by atoms with Crippen LogP contribution in [0.1, 0.15) is 41.2 Å². The zero-order valence-corrected chi connectivity index (χ0v) is 17.0. The van der Waals surface area contributed by atoms with E-state index in [2.05, 4.69) is 10.3 Å². The van der Waals surface area contributed by atoms with Gasteiger partial charge in [-0.1, -0.05) is 25.4 Å². The highest BCUT2D eigenvalue weighted by atomic mass is 35.5. The molecule has 1 aliphatic rings. The number of nitrogens with one attached hydrogen (secondary N) is 1. The van der Waals surface area contributed by atoms with Crippen molar-refractivity contribution in [3.63, 3.8) is 0 Å². The summed E-state index contributed by atoms with van der Waals surface area (Å²) in [5.41, 5.74) is 1.28. The lowest BCUT2D eigenvalue weighted by Gasteiger charge is -2.19. The van der Waals surface area contributed by atoms with Gasteiger partial charge in [-0.2, -0.15) is 4.31 Å². The van der Waals surface area contributed by atoms with Crippen LogP contribution in [0.2, 0.25) is 5.02 Å². The number of halogens is 1. The van der Waals surface area contributed by atoms with Crippen LogP contribution in [-0.2, 0) is 22.9 Å². The summed E-state index contributed by atoms with van der Waals surface area (Å²) in [5.74, 6) is -0.398. The number of anilines is 1. The topological polar surface area (TPSA) is 79.4 Å². The molecule has 1 aromatic carbocycles. The number of benzene rings is 1. The van der Waals surface area contributed by atoms with E-state index in [4.69, 9.17) is 11.6 Å². The Morgan fingerprint density at radius 1 is 1.31 bits per heavy atom. The van der Waals surface area contributed by atoms with Crippen LogP contribution in [0, 0.1) is 0 Å². The standard InChI is InChI=1S/C17H20ClN3O3S2/c1-3-21(4-2)26(23,24)15-10-11(8-9-12(15)18)16(22)20-17-19-13-6-5-7-14(13)25-17/h8-10H,3-7H2,1-2H3,(H,19,20,22). The molecule has 0 fully saturated rings. The number of amides is 1. The summed E-state index contributed by atoms with van der Waals surface area (Å²) in [6.45, 7) is 4.17. The second-order valence-corrected chi connectivity index (χ2v) is 9.33. The van der Waals surface area contributed by atoms with Gasteiger partial charge in [0, 0.05) is 23.5 Å². The van der Waals surface area contributed by atoms with Crippen LogP contribution in [0.5, 0.6) is 0 Å². The van der Waals surface area contributed by atoms with Gasteiger partial charge in [0.05, 0.1) is 10.7 Å². The van der Waals surface area contributed by atoms with Crippen LogP contribution >= 0.6 is 22.9 Å². The van der Waals surface area contributed by atoms with Crippen molar-refractivity contribution >= 4 is 44.0 Å². The number of rotatable bonds is 6. The SMILES string of the molecule is CCN(CC)S(=O)(=O)c1cc(C(=O)Nc2nc3c(s2)CCC3)ccc1Cl. The van der Waals surface area contributed by atoms with Crippen LogP contribution < -0.4 is 5.32 Å². The smallest absolute Gasteiger partial charge is 0.257 e. The number of sulfonamides is 1. The van der Waals surface area contributed by atoms with E-state index in [-0.39, 0.29) is 15.5 Å². The first-order valence-corrected chi connectivity index (χ1v) is 11.1. The van der Waals surface area contributed by atoms with E-state index in [1.807, 2.05) is 0 Å². The van der Waals surface area contributed by atoms with E-state index in [1.54, 1.807) is 13.8 Å². The number of aryl methyl sites for hydroxylation is 2. The van der Waals surface area contributed by atoms with Gasteiger partial charge in [0.1, 0.15) is 4.90 Å². The van der Waals surface area contributed by atoms with Gasteiger partial charge in [-0.3, -0.25) is 10.1 Å². The van der Waals surface area contributed by atoms with Gasteiger partial charge in [-0.25, -0.2) is 13.4 Å². The lowest BCUT2D eigenvalue weighted by Crippen LogP contribution is -2.31. The molecule has 0 atom stereocenters. The lowest BCUT2D eigenvalue weighted by molar-refractivity contribution is 0.102. The monoisotopic (exact) mass is 413 g/mol. The highest BCUT2D eigenvalue weighted by molar-refractivity contribution is 7.89. The number of fused-ring (bicyclic) bond motifs is 1. The van der Waals surface area contributed by atoms with Crippen LogP contribution in [0.25, 0.3) is 0 Å². The normalized spacial score (nSPS) is 13.8. The average molecular weight is 414 g/mol. The first-order chi connectivity index (χ1) is 12.4. The first kappa shape index (κ1) is 19.3. The van der Waals surface area contributed by atoms with Gasteiger partial charge in [-0.05, 0) is 37.5 Å². The van der Waals surface area contributed by atoms with Gasteiger partial charge in [0.15, 0.2) is 5.13 Å². The summed E-state index contributed by atoms with van der Waals surface area (Å²) in [7, 11) is -3.75. The van der Waals surface area contributed by atoms with Gasteiger partial charge < -0.3 is 0 Å². The maximum absolute atomic E-state index is 12.7. The van der Waals surface area contributed by atoms with Crippen LogP contribution in [0.15, 0.2) is 23.1 Å². The average Bonchev–Trinajstić information content (AvgIpc) is 3.17. The Bertz CT molecular complexity index is 915. The molecule has 1 heterocycles. The number of aromatic nitrogens is 1. The molecule has 0 radical (unpaired) electrons. The van der Waals surface area contributed by atoms with E-state index in [0.29, 0.717) is 18.2 Å². The van der Waals surface area contributed by atoms with E-state index in [1.165, 1.54) is 38.7 Å². The fraction of sp³-hybridized carbons (Fsp3) is 0.412. The lowest BCUT2D eigenvalue weighted by atomic mass is 10.2. The van der Waals surface area contributed by atoms with Crippen LogP contribution in [-0.4, -0.2) is 36.7 Å². The van der Waals surface area contributed by atoms with Crippen molar-refractivity contribution in [1.29, 1.82) is 0 Å². The van der Waals surface area contributed by atoms with Gasteiger partial charge in [0.2, 0.25) is 10.0 Å². The molecule has 6 nitrogen and oxygen atoms in total. The number of carbonyl (C=O) groups excluding carboxylic acids is 1. The van der Waals surface area contributed by atoms with Crippen molar-refractivity contribution in [2.75, 3.05) is 18.4 Å². The molecule has 26 heavy (non-hydrogen) atoms. The Labute approximate surface area is 162 Å². The molecule has 1 aliphatic carbocycles. The molecule has 9 heteroatoms. The Morgan fingerprint density at radius 3 is 2.69 bits per heavy atom. The van der Waals surface area contributed by atoms with Crippen molar-refractivity contribution in [3.8, 4) is 0 Å². The van der Waals surface area contributed by atoms with Crippen molar-refractivity contribution in [1.82, 2.24) is 9.29 Å². The van der Waals surface area contributed by atoms with E-state index in [9.17, 15) is 13.2 Å². The summed E-state index contributed by atoms with van der Waals surface area (Å²) in [5, 5.41) is 3.40. The molecule has 1 aromatic heterocycles. The van der Waals surface area contributed by atoms with Crippen molar-refractivity contribution in [3.05, 3.63) is 39.4 Å². The van der Waals surface area contributed by atoms with Crippen LogP contribution in [0.4, 0.5) is 5.13 Å². The summed E-state index contributed by atoms with van der Waals surface area (Å²) in [4.78, 5) is 18.1. The molecule has 0 bridgehead atoms. The zero-order valence-electron chi connectivity index (χ0n) is 14.6. The van der Waals surface area contributed by atoms with Crippen molar-refractivity contribution in [2.45, 2.75) is 38.0 Å². The fourth-order valence-corrected chi connectivity index (χ4v) is 5.96. The predicted octanol–water partition coefficient (Wildman–Crippen LogP) is 3.57. The third-order valence-electron chi connectivity index (χ3n) is 4.33. The van der Waals surface area contributed by atoms with Crippen molar-refractivity contribution in [2.24, 2.45) is 0 Å². The predicted molar refractivity (Wildman–Crippen MR) is 104 cm³/mol. The molecule has 0 unspecified atom stereocenters. The van der Waals surface area contributed by atoms with E-state index < -0.39 is 15.9 Å². The fourth-order valence-electron chi connectivity index (χ4n) is 2.96. The minimum absolute atomic E-state index is 0.0582. The molecule has 0 spiro atoms. The highest BCUT2D eigenvalue weighted by Gasteiger charge is 2.26. The van der Waals surface area contributed by atoms with Gasteiger partial charge in [-0.15, -0.1) is 11.3 Å².